The lowest BCUT2D eigenvalue weighted by atomic mass is 10.1. The highest BCUT2D eigenvalue weighted by atomic mass is 16.5. The minimum Gasteiger partial charge on any atom is -0.491 e. The Balaban J connectivity index is 2.71. The van der Waals surface area contributed by atoms with Gasteiger partial charge in [0.25, 0.3) is 0 Å². The van der Waals surface area contributed by atoms with Crippen LogP contribution in [0.15, 0.2) is 12.1 Å². The van der Waals surface area contributed by atoms with E-state index in [1.807, 2.05) is 11.8 Å². The van der Waals surface area contributed by atoms with Crippen LogP contribution in [0.5, 0.6) is 5.75 Å². The van der Waals surface area contributed by atoms with Gasteiger partial charge in [0.15, 0.2) is 0 Å². The molecule has 0 heterocycles. The lowest BCUT2D eigenvalue weighted by Gasteiger charge is -2.30. The average Bonchev–Trinajstić information content (AvgIpc) is 2.52. The van der Waals surface area contributed by atoms with Crippen LogP contribution in [0.25, 0.3) is 0 Å². The number of aryl methyl sites for hydroxylation is 3. The molecule has 0 N–H and O–H groups in total. The van der Waals surface area contributed by atoms with Crippen LogP contribution < -0.4 is 4.74 Å². The van der Waals surface area contributed by atoms with Gasteiger partial charge in [-0.15, -0.1) is 0 Å². The van der Waals surface area contributed by atoms with E-state index in [0.29, 0.717) is 19.7 Å². The first kappa shape index (κ1) is 20.5. The number of rotatable bonds is 9. The van der Waals surface area contributed by atoms with Gasteiger partial charge in [-0.2, -0.15) is 0 Å². The van der Waals surface area contributed by atoms with Crippen LogP contribution in [0.2, 0.25) is 0 Å². The molecule has 0 saturated carbocycles. The third-order valence-corrected chi connectivity index (χ3v) is 4.52. The number of hydrogen-bond donors (Lipinski definition) is 0. The van der Waals surface area contributed by atoms with E-state index in [9.17, 15) is 4.79 Å². The van der Waals surface area contributed by atoms with Crippen LogP contribution in [-0.2, 0) is 4.79 Å². The maximum Gasteiger partial charge on any atom is 0.237 e. The predicted molar refractivity (Wildman–Crippen MR) is 101 cm³/mol. The van der Waals surface area contributed by atoms with E-state index in [0.717, 1.165) is 30.0 Å². The van der Waals surface area contributed by atoms with E-state index in [4.69, 9.17) is 4.74 Å². The van der Waals surface area contributed by atoms with Gasteiger partial charge < -0.3 is 9.64 Å². The summed E-state index contributed by atoms with van der Waals surface area (Å²) >= 11 is 0. The van der Waals surface area contributed by atoms with E-state index in [2.05, 4.69) is 58.6 Å². The molecule has 1 aromatic rings. The van der Waals surface area contributed by atoms with Gasteiger partial charge in [-0.25, -0.2) is 0 Å². The minimum atomic E-state index is 0.0539. The molecule has 0 fully saturated rings. The number of amides is 1. The molecule has 4 nitrogen and oxygen atoms in total. The number of likely N-dealkylation sites (N-methyl/N-ethyl adjacent to an activating group) is 2. The van der Waals surface area contributed by atoms with Crippen molar-refractivity contribution >= 4 is 5.91 Å². The average molecular weight is 335 g/mol. The highest BCUT2D eigenvalue weighted by molar-refractivity contribution is 5.78. The Hall–Kier alpha value is -1.55. The molecule has 1 atom stereocenters. The predicted octanol–water partition coefficient (Wildman–Crippen LogP) is 3.57. The van der Waals surface area contributed by atoms with E-state index < -0.39 is 0 Å². The Kier molecular flexibility index (Phi) is 8.26. The molecule has 0 spiro atoms. The van der Waals surface area contributed by atoms with Gasteiger partial charge in [0.2, 0.25) is 5.91 Å². The molecular formula is C20H34N2O2. The number of nitrogens with zero attached hydrogens (tertiary/aromatic N) is 2. The first-order chi connectivity index (χ1) is 11.3. The Labute approximate surface area is 147 Å². The SMILES string of the molecule is CCN(CC)CC(=O)N(CC)C(C)COc1c(C)cc(C)cc1C. The fourth-order valence-corrected chi connectivity index (χ4v) is 3.15. The normalized spacial score (nSPS) is 12.3. The summed E-state index contributed by atoms with van der Waals surface area (Å²) in [5.41, 5.74) is 3.55. The smallest absolute Gasteiger partial charge is 0.237 e. The summed E-state index contributed by atoms with van der Waals surface area (Å²) in [7, 11) is 0. The zero-order valence-electron chi connectivity index (χ0n) is 16.5. The maximum atomic E-state index is 12.6. The van der Waals surface area contributed by atoms with Crippen molar-refractivity contribution in [3.05, 3.63) is 28.8 Å². The van der Waals surface area contributed by atoms with Crippen LogP contribution in [0.3, 0.4) is 0 Å². The van der Waals surface area contributed by atoms with Crippen LogP contribution in [0, 0.1) is 20.8 Å². The van der Waals surface area contributed by atoms with Gasteiger partial charge in [-0.05, 0) is 58.8 Å². The third-order valence-electron chi connectivity index (χ3n) is 4.52. The molecule has 24 heavy (non-hydrogen) atoms. The second-order valence-electron chi connectivity index (χ2n) is 6.53. The lowest BCUT2D eigenvalue weighted by Crippen LogP contribution is -2.46. The maximum absolute atomic E-state index is 12.6. The Morgan fingerprint density at radius 2 is 1.58 bits per heavy atom. The van der Waals surface area contributed by atoms with Gasteiger partial charge in [0.05, 0.1) is 12.6 Å². The molecule has 1 aromatic carbocycles. The van der Waals surface area contributed by atoms with Crippen LogP contribution in [-0.4, -0.2) is 54.5 Å². The van der Waals surface area contributed by atoms with Gasteiger partial charge in [-0.3, -0.25) is 9.69 Å². The van der Waals surface area contributed by atoms with Gasteiger partial charge in [-0.1, -0.05) is 31.5 Å². The molecule has 0 aromatic heterocycles. The molecule has 0 bridgehead atoms. The van der Waals surface area contributed by atoms with E-state index in [-0.39, 0.29) is 11.9 Å². The molecule has 1 amide bonds. The number of hydrogen-bond acceptors (Lipinski definition) is 3. The molecule has 1 rings (SSSR count). The largest absolute Gasteiger partial charge is 0.491 e. The van der Waals surface area contributed by atoms with E-state index in [1.165, 1.54) is 5.56 Å². The molecule has 136 valence electrons. The highest BCUT2D eigenvalue weighted by Crippen LogP contribution is 2.24. The van der Waals surface area contributed by atoms with Crippen molar-refractivity contribution in [1.29, 1.82) is 0 Å². The molecular weight excluding hydrogens is 300 g/mol. The fraction of sp³-hybridized carbons (Fsp3) is 0.650. The first-order valence-corrected chi connectivity index (χ1v) is 9.06. The van der Waals surface area contributed by atoms with Crippen molar-refractivity contribution in [2.75, 3.05) is 32.8 Å². The number of benzene rings is 1. The number of carbonyl (C=O) groups is 1. The summed E-state index contributed by atoms with van der Waals surface area (Å²) in [6.45, 7) is 18.0. The molecule has 4 heteroatoms. The lowest BCUT2D eigenvalue weighted by molar-refractivity contribution is -0.134. The molecule has 0 aliphatic carbocycles. The standard InChI is InChI=1S/C20H34N2O2/c1-8-21(9-2)13-19(23)22(10-3)18(7)14-24-20-16(5)11-15(4)12-17(20)6/h11-12,18H,8-10,13-14H2,1-7H3. The summed E-state index contributed by atoms with van der Waals surface area (Å²) in [5.74, 6) is 1.12. The van der Waals surface area contributed by atoms with Crippen molar-refractivity contribution in [2.45, 2.75) is 54.5 Å². The van der Waals surface area contributed by atoms with Crippen molar-refractivity contribution in [3.8, 4) is 5.75 Å². The summed E-state index contributed by atoms with van der Waals surface area (Å²) in [4.78, 5) is 16.6. The Bertz CT molecular complexity index is 515. The van der Waals surface area contributed by atoms with E-state index >= 15 is 0 Å². The molecule has 0 radical (unpaired) electrons. The van der Waals surface area contributed by atoms with Crippen molar-refractivity contribution < 1.29 is 9.53 Å². The van der Waals surface area contributed by atoms with Crippen LogP contribution in [0.4, 0.5) is 0 Å². The zero-order chi connectivity index (χ0) is 18.3. The van der Waals surface area contributed by atoms with E-state index in [1.54, 1.807) is 0 Å². The van der Waals surface area contributed by atoms with Crippen LogP contribution >= 0.6 is 0 Å². The first-order valence-electron chi connectivity index (χ1n) is 9.06. The van der Waals surface area contributed by atoms with Gasteiger partial charge >= 0.3 is 0 Å². The summed E-state index contributed by atoms with van der Waals surface area (Å²) < 4.78 is 6.07. The molecule has 1 unspecified atom stereocenters. The molecule has 0 aliphatic rings. The van der Waals surface area contributed by atoms with Crippen molar-refractivity contribution in [3.63, 3.8) is 0 Å². The number of ether oxygens (including phenoxy) is 1. The Morgan fingerprint density at radius 1 is 1.04 bits per heavy atom. The summed E-state index contributed by atoms with van der Waals surface area (Å²) in [5, 5.41) is 0. The van der Waals surface area contributed by atoms with Crippen LogP contribution in [0.1, 0.15) is 44.4 Å². The second kappa shape index (κ2) is 9.67. The summed E-state index contributed by atoms with van der Waals surface area (Å²) in [6, 6.07) is 4.32. The van der Waals surface area contributed by atoms with Gasteiger partial charge in [0, 0.05) is 6.54 Å². The number of carbonyl (C=O) groups excluding carboxylic acids is 1. The van der Waals surface area contributed by atoms with Crippen molar-refractivity contribution in [2.24, 2.45) is 0 Å². The van der Waals surface area contributed by atoms with Gasteiger partial charge in [0.1, 0.15) is 12.4 Å². The minimum absolute atomic E-state index is 0.0539. The monoisotopic (exact) mass is 334 g/mol. The fourth-order valence-electron chi connectivity index (χ4n) is 3.15. The van der Waals surface area contributed by atoms with Crippen molar-refractivity contribution in [1.82, 2.24) is 9.80 Å². The Morgan fingerprint density at radius 3 is 2.04 bits per heavy atom. The molecule has 0 saturated heterocycles. The second-order valence-corrected chi connectivity index (χ2v) is 6.53. The quantitative estimate of drug-likeness (QED) is 0.692. The third kappa shape index (κ3) is 5.52. The summed E-state index contributed by atoms with van der Waals surface area (Å²) in [6.07, 6.45) is 0. The molecule has 0 aliphatic heterocycles. The zero-order valence-corrected chi connectivity index (χ0v) is 16.5. The highest BCUT2D eigenvalue weighted by Gasteiger charge is 2.21. The topological polar surface area (TPSA) is 32.8 Å².